The average molecular weight is 188 g/mol. The largest absolute Gasteiger partial charge is 0.415 e. The molecule has 0 aromatic heterocycles. The first-order valence-corrected chi connectivity index (χ1v) is 5.12. The smallest absolute Gasteiger partial charge is 0.399 e. The molecule has 1 aliphatic rings. The molecule has 2 atom stereocenters. The van der Waals surface area contributed by atoms with Gasteiger partial charge in [-0.1, -0.05) is 37.3 Å². The van der Waals surface area contributed by atoms with Crippen LogP contribution in [0, 0.1) is 0 Å². The van der Waals surface area contributed by atoms with E-state index in [1.807, 2.05) is 13.7 Å². The fourth-order valence-electron chi connectivity index (χ4n) is 1.89. The van der Waals surface area contributed by atoms with Gasteiger partial charge < -0.3 is 9.47 Å². The number of likely N-dealkylation sites (N-methyl/N-ethyl adjacent to an activating group) is 1. The molecule has 3 heteroatoms. The second-order valence-corrected chi connectivity index (χ2v) is 3.64. The van der Waals surface area contributed by atoms with Gasteiger partial charge in [-0.15, -0.1) is 0 Å². The van der Waals surface area contributed by atoms with Crippen LogP contribution in [0.4, 0.5) is 0 Å². The Labute approximate surface area is 86.2 Å². The summed E-state index contributed by atoms with van der Waals surface area (Å²) < 4.78 is 5.66. The van der Waals surface area contributed by atoms with Gasteiger partial charge in [0.2, 0.25) is 0 Å². The molecule has 73 valence electrons. The summed E-state index contributed by atoms with van der Waals surface area (Å²) in [4.78, 5) is 2.22. The molecule has 1 aliphatic heterocycles. The first-order valence-electron chi connectivity index (χ1n) is 5.12. The Morgan fingerprint density at radius 2 is 2.07 bits per heavy atom. The van der Waals surface area contributed by atoms with Gasteiger partial charge in [0.1, 0.15) is 0 Å². The van der Waals surface area contributed by atoms with Crippen molar-refractivity contribution in [1.82, 2.24) is 4.81 Å². The van der Waals surface area contributed by atoms with Crippen LogP contribution in [0.3, 0.4) is 0 Å². The SMILES string of the molecule is CCN1[B]O[C@H](c2ccccc2)[C@H]1C. The maximum Gasteiger partial charge on any atom is 0.399 e. The van der Waals surface area contributed by atoms with Crippen LogP contribution < -0.4 is 0 Å². The Hall–Kier alpha value is -0.795. The Bertz CT molecular complexity index is 291. The van der Waals surface area contributed by atoms with Crippen LogP contribution >= 0.6 is 0 Å². The molecule has 0 N–H and O–H groups in total. The normalized spacial score (nSPS) is 27.6. The van der Waals surface area contributed by atoms with Crippen LogP contribution in [0.1, 0.15) is 25.5 Å². The summed E-state index contributed by atoms with van der Waals surface area (Å²) in [6.07, 6.45) is 0.191. The van der Waals surface area contributed by atoms with Crippen molar-refractivity contribution < 1.29 is 4.65 Å². The number of nitrogens with zero attached hydrogens (tertiary/aromatic N) is 1. The third kappa shape index (κ3) is 1.70. The van der Waals surface area contributed by atoms with Gasteiger partial charge in [0.15, 0.2) is 0 Å². The lowest BCUT2D eigenvalue weighted by Crippen LogP contribution is -2.30. The molecule has 2 rings (SSSR count). The molecule has 1 aromatic rings. The van der Waals surface area contributed by atoms with E-state index >= 15 is 0 Å². The molecule has 0 saturated carbocycles. The Kier molecular flexibility index (Phi) is 2.89. The first-order chi connectivity index (χ1) is 6.83. The van der Waals surface area contributed by atoms with Gasteiger partial charge in [-0.2, -0.15) is 0 Å². The zero-order valence-electron chi connectivity index (χ0n) is 8.68. The second kappa shape index (κ2) is 4.15. The fourth-order valence-corrected chi connectivity index (χ4v) is 1.89. The minimum Gasteiger partial charge on any atom is -0.415 e. The van der Waals surface area contributed by atoms with Crippen molar-refractivity contribution in [2.24, 2.45) is 0 Å². The minimum atomic E-state index is 0.191. The molecule has 0 unspecified atom stereocenters. The topological polar surface area (TPSA) is 12.5 Å². The van der Waals surface area contributed by atoms with Crippen LogP contribution in [0.15, 0.2) is 30.3 Å². The van der Waals surface area contributed by atoms with E-state index in [1.54, 1.807) is 0 Å². The number of hydrogen-bond acceptors (Lipinski definition) is 2. The van der Waals surface area contributed by atoms with Gasteiger partial charge in [-0.05, 0) is 19.0 Å². The number of benzene rings is 1. The molecule has 0 amide bonds. The Balaban J connectivity index is 2.14. The predicted molar refractivity (Wildman–Crippen MR) is 57.9 cm³/mol. The average Bonchev–Trinajstić information content (AvgIpc) is 2.61. The monoisotopic (exact) mass is 188 g/mol. The molecule has 1 heterocycles. The molecular weight excluding hydrogens is 173 g/mol. The van der Waals surface area contributed by atoms with E-state index in [-0.39, 0.29) is 6.10 Å². The van der Waals surface area contributed by atoms with E-state index in [9.17, 15) is 0 Å². The van der Waals surface area contributed by atoms with Gasteiger partial charge in [0.05, 0.1) is 6.10 Å². The molecule has 0 aliphatic carbocycles. The fraction of sp³-hybridized carbons (Fsp3) is 0.455. The van der Waals surface area contributed by atoms with E-state index in [0.717, 1.165) is 6.54 Å². The van der Waals surface area contributed by atoms with Crippen LogP contribution in [-0.4, -0.2) is 25.0 Å². The summed E-state index contributed by atoms with van der Waals surface area (Å²) in [7, 11) is 1.85. The summed E-state index contributed by atoms with van der Waals surface area (Å²) in [5.74, 6) is 0. The third-order valence-electron chi connectivity index (χ3n) is 2.80. The van der Waals surface area contributed by atoms with Gasteiger partial charge in [0, 0.05) is 6.04 Å². The highest BCUT2D eigenvalue weighted by molar-refractivity contribution is 6.24. The summed E-state index contributed by atoms with van der Waals surface area (Å²) in [5, 5.41) is 0. The van der Waals surface area contributed by atoms with Crippen molar-refractivity contribution in [3.63, 3.8) is 0 Å². The van der Waals surface area contributed by atoms with Crippen molar-refractivity contribution >= 4 is 7.62 Å². The third-order valence-corrected chi connectivity index (χ3v) is 2.80. The van der Waals surface area contributed by atoms with E-state index < -0.39 is 0 Å². The predicted octanol–water partition coefficient (Wildman–Crippen LogP) is 2.00. The van der Waals surface area contributed by atoms with Crippen molar-refractivity contribution in [3.8, 4) is 0 Å². The Morgan fingerprint density at radius 3 is 2.64 bits per heavy atom. The highest BCUT2D eigenvalue weighted by Crippen LogP contribution is 2.28. The highest BCUT2D eigenvalue weighted by atomic mass is 16.5. The van der Waals surface area contributed by atoms with Crippen molar-refractivity contribution in [2.45, 2.75) is 26.0 Å². The van der Waals surface area contributed by atoms with Gasteiger partial charge in [-0.25, -0.2) is 0 Å². The quantitative estimate of drug-likeness (QED) is 0.658. The molecule has 1 radical (unpaired) electrons. The van der Waals surface area contributed by atoms with E-state index in [1.165, 1.54) is 5.56 Å². The Morgan fingerprint density at radius 1 is 1.36 bits per heavy atom. The molecule has 0 spiro atoms. The zero-order valence-corrected chi connectivity index (χ0v) is 8.68. The highest BCUT2D eigenvalue weighted by Gasteiger charge is 2.32. The molecule has 0 bridgehead atoms. The minimum absolute atomic E-state index is 0.191. The van der Waals surface area contributed by atoms with Crippen molar-refractivity contribution in [3.05, 3.63) is 35.9 Å². The summed E-state index contributed by atoms with van der Waals surface area (Å²) in [6, 6.07) is 10.8. The van der Waals surface area contributed by atoms with Gasteiger partial charge in [-0.3, -0.25) is 0 Å². The van der Waals surface area contributed by atoms with Crippen LogP contribution in [-0.2, 0) is 4.65 Å². The maximum atomic E-state index is 5.66. The lowest BCUT2D eigenvalue weighted by atomic mass is 10.0. The molecular formula is C11H15BNO. The molecule has 1 aromatic carbocycles. The molecule has 1 saturated heterocycles. The van der Waals surface area contributed by atoms with Gasteiger partial charge >= 0.3 is 7.62 Å². The molecule has 2 nitrogen and oxygen atoms in total. The summed E-state index contributed by atoms with van der Waals surface area (Å²) in [5.41, 5.74) is 1.26. The zero-order chi connectivity index (χ0) is 9.97. The number of hydrogen-bond donors (Lipinski definition) is 0. The lowest BCUT2D eigenvalue weighted by Gasteiger charge is -2.21. The van der Waals surface area contributed by atoms with E-state index in [0.29, 0.717) is 6.04 Å². The van der Waals surface area contributed by atoms with Crippen molar-refractivity contribution in [2.75, 3.05) is 6.54 Å². The second-order valence-electron chi connectivity index (χ2n) is 3.64. The summed E-state index contributed by atoms with van der Waals surface area (Å²) in [6.45, 7) is 5.35. The first kappa shape index (κ1) is 9.75. The van der Waals surface area contributed by atoms with E-state index in [4.69, 9.17) is 4.65 Å². The standard InChI is InChI=1S/C11H15BNO/c1-3-13-9(2)11(14-12-13)10-7-5-4-6-8-10/h4-9,11H,3H2,1-2H3/t9-,11+/m1/s1. The van der Waals surface area contributed by atoms with Crippen LogP contribution in [0.5, 0.6) is 0 Å². The summed E-state index contributed by atoms with van der Waals surface area (Å²) >= 11 is 0. The molecule has 14 heavy (non-hydrogen) atoms. The number of rotatable bonds is 2. The van der Waals surface area contributed by atoms with Crippen LogP contribution in [0.25, 0.3) is 0 Å². The van der Waals surface area contributed by atoms with E-state index in [2.05, 4.69) is 42.9 Å². The maximum absolute atomic E-state index is 5.66. The van der Waals surface area contributed by atoms with Crippen molar-refractivity contribution in [1.29, 1.82) is 0 Å². The lowest BCUT2D eigenvalue weighted by molar-refractivity contribution is 0.209. The van der Waals surface area contributed by atoms with Crippen LogP contribution in [0.2, 0.25) is 0 Å². The molecule has 1 fully saturated rings. The van der Waals surface area contributed by atoms with Gasteiger partial charge in [0.25, 0.3) is 0 Å².